The zero-order chi connectivity index (χ0) is 23.6. The smallest absolute Gasteiger partial charge is 0.151 e. The maximum absolute atomic E-state index is 12.1. The maximum atomic E-state index is 12.1. The number of hydrogen-bond donors (Lipinski definition) is 1. The van der Waals surface area contributed by atoms with Gasteiger partial charge in [0.1, 0.15) is 5.82 Å². The summed E-state index contributed by atoms with van der Waals surface area (Å²) in [5.41, 5.74) is 5.10. The molecule has 1 saturated heterocycles. The number of aromatic nitrogens is 3. The molecule has 0 radical (unpaired) electrons. The average Bonchev–Trinajstić information content (AvgIpc) is 3.18. The van der Waals surface area contributed by atoms with Gasteiger partial charge in [-0.2, -0.15) is 0 Å². The fourth-order valence-electron chi connectivity index (χ4n) is 4.23. The Bertz CT molecular complexity index is 1220. The molecular weight excluding hydrogens is 438 g/mol. The molecule has 0 aromatic carbocycles. The molecule has 4 heterocycles. The van der Waals surface area contributed by atoms with Crippen molar-refractivity contribution >= 4 is 26.7 Å². The lowest BCUT2D eigenvalue weighted by atomic mass is 10.1. The number of rotatable bonds is 8. The number of morpholine rings is 1. The number of nitrogens with zero attached hydrogens (tertiary/aromatic N) is 4. The number of nitrogens with one attached hydrogen (secondary N) is 1. The minimum Gasteiger partial charge on any atom is -0.377 e. The van der Waals surface area contributed by atoms with E-state index in [0.717, 1.165) is 59.9 Å². The van der Waals surface area contributed by atoms with Crippen LogP contribution in [0, 0.1) is 0 Å². The summed E-state index contributed by atoms with van der Waals surface area (Å²) in [6.45, 7) is 8.05. The molecule has 3 aromatic rings. The zero-order valence-electron chi connectivity index (χ0n) is 19.8. The Balaban J connectivity index is 1.75. The highest BCUT2D eigenvalue weighted by molar-refractivity contribution is 7.89. The Hall–Kier alpha value is -2.49. The number of sulfone groups is 1. The van der Waals surface area contributed by atoms with E-state index in [0.29, 0.717) is 18.9 Å². The molecule has 0 spiro atoms. The van der Waals surface area contributed by atoms with Crippen molar-refractivity contribution in [2.75, 3.05) is 44.5 Å². The molecule has 0 bridgehead atoms. The van der Waals surface area contributed by atoms with Crippen LogP contribution in [0.4, 0.5) is 5.82 Å². The Morgan fingerprint density at radius 2 is 2.00 bits per heavy atom. The SMILES string of the molecule is CC[C@H]1COCCN1c1cc(CS(C)(=O)=O)cc(-c2ccc3[nH]c(CN(C)CC)cc3n2)n1. The average molecular weight is 472 g/mol. The van der Waals surface area contributed by atoms with Gasteiger partial charge in [0.05, 0.1) is 47.4 Å². The summed E-state index contributed by atoms with van der Waals surface area (Å²) in [5.74, 6) is 0.749. The number of fused-ring (bicyclic) bond motifs is 1. The van der Waals surface area contributed by atoms with Crippen molar-refractivity contribution < 1.29 is 13.2 Å². The van der Waals surface area contributed by atoms with Gasteiger partial charge in [-0.3, -0.25) is 0 Å². The molecule has 1 aliphatic heterocycles. The molecule has 1 N–H and O–H groups in total. The van der Waals surface area contributed by atoms with Crippen molar-refractivity contribution in [3.05, 3.63) is 41.6 Å². The summed E-state index contributed by atoms with van der Waals surface area (Å²) in [5, 5.41) is 0. The van der Waals surface area contributed by atoms with Crippen LogP contribution in [0.15, 0.2) is 30.3 Å². The highest BCUT2D eigenvalue weighted by atomic mass is 32.2. The predicted octanol–water partition coefficient (Wildman–Crippen LogP) is 3.24. The van der Waals surface area contributed by atoms with E-state index in [4.69, 9.17) is 14.7 Å². The van der Waals surface area contributed by atoms with Crippen LogP contribution in [0.5, 0.6) is 0 Å². The molecule has 3 aromatic heterocycles. The number of aromatic amines is 1. The van der Waals surface area contributed by atoms with Crippen LogP contribution in [0.25, 0.3) is 22.4 Å². The number of H-pyrrole nitrogens is 1. The predicted molar refractivity (Wildman–Crippen MR) is 132 cm³/mol. The van der Waals surface area contributed by atoms with Crippen LogP contribution in [0.2, 0.25) is 0 Å². The molecule has 178 valence electrons. The van der Waals surface area contributed by atoms with Crippen LogP contribution < -0.4 is 4.90 Å². The van der Waals surface area contributed by atoms with E-state index in [1.54, 1.807) is 0 Å². The van der Waals surface area contributed by atoms with Gasteiger partial charge in [0, 0.05) is 25.0 Å². The second-order valence-electron chi connectivity index (χ2n) is 8.87. The van der Waals surface area contributed by atoms with Crippen LogP contribution >= 0.6 is 0 Å². The van der Waals surface area contributed by atoms with Crippen molar-refractivity contribution in [2.45, 2.75) is 38.6 Å². The van der Waals surface area contributed by atoms with Gasteiger partial charge in [-0.05, 0) is 55.9 Å². The summed E-state index contributed by atoms with van der Waals surface area (Å²) >= 11 is 0. The lowest BCUT2D eigenvalue weighted by Gasteiger charge is -2.36. The fraction of sp³-hybridized carbons (Fsp3) is 0.500. The van der Waals surface area contributed by atoms with E-state index >= 15 is 0 Å². The second-order valence-corrected chi connectivity index (χ2v) is 11.0. The Morgan fingerprint density at radius 3 is 2.73 bits per heavy atom. The number of anilines is 1. The fourth-order valence-corrected chi connectivity index (χ4v) is 5.00. The minimum atomic E-state index is -3.19. The summed E-state index contributed by atoms with van der Waals surface area (Å²) in [6.07, 6.45) is 2.19. The van der Waals surface area contributed by atoms with Gasteiger partial charge in [0.2, 0.25) is 0 Å². The number of ether oxygens (including phenoxy) is 1. The van der Waals surface area contributed by atoms with Crippen LogP contribution in [0.3, 0.4) is 0 Å². The first-order valence-corrected chi connectivity index (χ1v) is 13.5. The van der Waals surface area contributed by atoms with Gasteiger partial charge >= 0.3 is 0 Å². The van der Waals surface area contributed by atoms with Crippen molar-refractivity contribution in [2.24, 2.45) is 0 Å². The van der Waals surface area contributed by atoms with Gasteiger partial charge in [-0.15, -0.1) is 0 Å². The molecule has 1 fully saturated rings. The maximum Gasteiger partial charge on any atom is 0.151 e. The third kappa shape index (κ3) is 5.72. The topological polar surface area (TPSA) is 91.4 Å². The highest BCUT2D eigenvalue weighted by Crippen LogP contribution is 2.27. The van der Waals surface area contributed by atoms with E-state index in [1.807, 2.05) is 24.3 Å². The molecule has 0 unspecified atom stereocenters. The van der Waals surface area contributed by atoms with E-state index < -0.39 is 9.84 Å². The first-order chi connectivity index (χ1) is 15.8. The van der Waals surface area contributed by atoms with Crippen molar-refractivity contribution in [3.8, 4) is 11.4 Å². The van der Waals surface area contributed by atoms with Gasteiger partial charge < -0.3 is 19.5 Å². The summed E-state index contributed by atoms with van der Waals surface area (Å²) in [4.78, 5) is 17.7. The third-order valence-electron chi connectivity index (χ3n) is 6.07. The summed E-state index contributed by atoms with van der Waals surface area (Å²) < 4.78 is 29.8. The molecule has 4 rings (SSSR count). The molecule has 8 nitrogen and oxygen atoms in total. The molecule has 1 aliphatic rings. The van der Waals surface area contributed by atoms with E-state index in [9.17, 15) is 8.42 Å². The van der Waals surface area contributed by atoms with Crippen molar-refractivity contribution in [1.82, 2.24) is 19.9 Å². The first-order valence-electron chi connectivity index (χ1n) is 11.5. The molecule has 0 saturated carbocycles. The third-order valence-corrected chi connectivity index (χ3v) is 6.92. The first kappa shape index (κ1) is 23.7. The van der Waals surface area contributed by atoms with E-state index in [-0.39, 0.29) is 11.8 Å². The van der Waals surface area contributed by atoms with Crippen molar-refractivity contribution in [1.29, 1.82) is 0 Å². The number of hydrogen-bond acceptors (Lipinski definition) is 7. The van der Waals surface area contributed by atoms with Crippen LogP contribution in [0.1, 0.15) is 31.5 Å². The second kappa shape index (κ2) is 9.79. The quantitative estimate of drug-likeness (QED) is 0.539. The molecule has 9 heteroatoms. The normalized spacial score (nSPS) is 17.2. The zero-order valence-corrected chi connectivity index (χ0v) is 20.7. The molecule has 0 amide bonds. The number of pyridine rings is 2. The Kier molecular flexibility index (Phi) is 7.02. The van der Waals surface area contributed by atoms with Crippen LogP contribution in [-0.2, 0) is 26.9 Å². The largest absolute Gasteiger partial charge is 0.377 e. The van der Waals surface area contributed by atoms with Gasteiger partial charge in [0.15, 0.2) is 9.84 Å². The standard InChI is InChI=1S/C24H33N5O3S/c1-5-19-15-32-10-9-29(19)24-12-17(16-33(4,30)31)11-22(27-24)21-8-7-20-23(26-21)13-18(25-20)14-28(3)6-2/h7-8,11-13,19,25H,5-6,9-10,14-16H2,1-4H3/t19-/m0/s1. The Labute approximate surface area is 195 Å². The van der Waals surface area contributed by atoms with E-state index in [1.165, 1.54) is 6.26 Å². The molecule has 0 aliphatic carbocycles. The molecule has 33 heavy (non-hydrogen) atoms. The van der Waals surface area contributed by atoms with E-state index in [2.05, 4.69) is 41.7 Å². The van der Waals surface area contributed by atoms with Crippen LogP contribution in [-0.4, -0.2) is 73.9 Å². The van der Waals surface area contributed by atoms with Gasteiger partial charge in [-0.1, -0.05) is 13.8 Å². The monoisotopic (exact) mass is 471 g/mol. The van der Waals surface area contributed by atoms with Gasteiger partial charge in [-0.25, -0.2) is 18.4 Å². The molecular formula is C24H33N5O3S. The lowest BCUT2D eigenvalue weighted by Crippen LogP contribution is -2.45. The molecule has 1 atom stereocenters. The van der Waals surface area contributed by atoms with Crippen molar-refractivity contribution in [3.63, 3.8) is 0 Å². The summed E-state index contributed by atoms with van der Waals surface area (Å²) in [7, 11) is -1.11. The Morgan fingerprint density at radius 1 is 1.18 bits per heavy atom. The minimum absolute atomic E-state index is 0.0312. The van der Waals surface area contributed by atoms with Gasteiger partial charge in [0.25, 0.3) is 0 Å². The lowest BCUT2D eigenvalue weighted by molar-refractivity contribution is 0.0926. The highest BCUT2D eigenvalue weighted by Gasteiger charge is 2.24. The summed E-state index contributed by atoms with van der Waals surface area (Å²) in [6, 6.07) is 9.98.